The van der Waals surface area contributed by atoms with Gasteiger partial charge in [-0.15, -0.1) is 0 Å². The summed E-state index contributed by atoms with van der Waals surface area (Å²) in [6, 6.07) is 2.91. The molecule has 1 aromatic heterocycles. The van der Waals surface area contributed by atoms with Crippen molar-refractivity contribution in [2.75, 3.05) is 6.54 Å². The molecule has 1 saturated carbocycles. The monoisotopic (exact) mass is 251 g/mol. The van der Waals surface area contributed by atoms with Gasteiger partial charge in [-0.25, -0.2) is 0 Å². The van der Waals surface area contributed by atoms with Crippen LogP contribution in [0.1, 0.15) is 57.6 Å². The Morgan fingerprint density at radius 2 is 2.12 bits per heavy atom. The number of rotatable bonds is 5. The van der Waals surface area contributed by atoms with E-state index in [2.05, 4.69) is 36.0 Å². The van der Waals surface area contributed by atoms with E-state index in [1.807, 2.05) is 11.3 Å². The molecule has 2 heteroatoms. The molecule has 1 fully saturated rings. The fourth-order valence-electron chi connectivity index (χ4n) is 2.93. The molecule has 1 aromatic rings. The maximum absolute atomic E-state index is 3.76. The van der Waals surface area contributed by atoms with Crippen molar-refractivity contribution in [1.29, 1.82) is 0 Å². The lowest BCUT2D eigenvalue weighted by atomic mass is 9.78. The Hall–Kier alpha value is -0.340. The molecule has 17 heavy (non-hydrogen) atoms. The first-order chi connectivity index (χ1) is 8.31. The Balaban J connectivity index is 2.00. The summed E-state index contributed by atoms with van der Waals surface area (Å²) in [5, 5.41) is 8.30. The summed E-state index contributed by atoms with van der Waals surface area (Å²) in [5.41, 5.74) is 1.52. The highest BCUT2D eigenvalue weighted by Gasteiger charge is 2.26. The van der Waals surface area contributed by atoms with Gasteiger partial charge in [-0.3, -0.25) is 0 Å². The molecule has 1 N–H and O–H groups in total. The van der Waals surface area contributed by atoms with Gasteiger partial charge in [-0.05, 0) is 60.0 Å². The molecule has 0 aliphatic heterocycles. The fourth-order valence-corrected chi connectivity index (χ4v) is 3.62. The largest absolute Gasteiger partial charge is 0.310 e. The van der Waals surface area contributed by atoms with E-state index < -0.39 is 0 Å². The van der Waals surface area contributed by atoms with Crippen LogP contribution in [0.4, 0.5) is 0 Å². The van der Waals surface area contributed by atoms with Gasteiger partial charge in [-0.2, -0.15) is 11.3 Å². The van der Waals surface area contributed by atoms with Crippen molar-refractivity contribution >= 4 is 11.3 Å². The van der Waals surface area contributed by atoms with Crippen molar-refractivity contribution in [3.8, 4) is 0 Å². The van der Waals surface area contributed by atoms with E-state index in [9.17, 15) is 0 Å². The zero-order chi connectivity index (χ0) is 12.1. The molecule has 0 bridgehead atoms. The minimum absolute atomic E-state index is 0.605. The molecular formula is C15H25NS. The third-order valence-corrected chi connectivity index (χ3v) is 4.75. The van der Waals surface area contributed by atoms with Gasteiger partial charge in [0.1, 0.15) is 0 Å². The van der Waals surface area contributed by atoms with Crippen LogP contribution in [0.2, 0.25) is 0 Å². The van der Waals surface area contributed by atoms with Gasteiger partial charge in [0, 0.05) is 6.04 Å². The van der Waals surface area contributed by atoms with Gasteiger partial charge in [-0.1, -0.05) is 26.7 Å². The van der Waals surface area contributed by atoms with Crippen molar-refractivity contribution in [1.82, 2.24) is 5.32 Å². The van der Waals surface area contributed by atoms with E-state index in [4.69, 9.17) is 0 Å². The first-order valence-corrected chi connectivity index (χ1v) is 8.01. The first kappa shape index (κ1) is 13.1. The first-order valence-electron chi connectivity index (χ1n) is 7.06. The molecule has 2 rings (SSSR count). The van der Waals surface area contributed by atoms with E-state index in [1.165, 1.54) is 37.7 Å². The van der Waals surface area contributed by atoms with Gasteiger partial charge < -0.3 is 5.32 Å². The Morgan fingerprint density at radius 3 is 2.71 bits per heavy atom. The second kappa shape index (κ2) is 6.55. The minimum Gasteiger partial charge on any atom is -0.310 e. The van der Waals surface area contributed by atoms with Crippen LogP contribution in [0, 0.1) is 11.8 Å². The van der Waals surface area contributed by atoms with Gasteiger partial charge in [0.25, 0.3) is 0 Å². The minimum atomic E-state index is 0.605. The van der Waals surface area contributed by atoms with Crippen LogP contribution in [0.15, 0.2) is 16.8 Å². The lowest BCUT2D eigenvalue weighted by Gasteiger charge is -2.33. The fraction of sp³-hybridized carbons (Fsp3) is 0.733. The van der Waals surface area contributed by atoms with Gasteiger partial charge in [0.05, 0.1) is 0 Å². The Labute approximate surface area is 110 Å². The smallest absolute Gasteiger partial charge is 0.0356 e. The molecule has 1 heterocycles. The van der Waals surface area contributed by atoms with Crippen LogP contribution in [-0.2, 0) is 0 Å². The summed E-state index contributed by atoms with van der Waals surface area (Å²) in [6.45, 7) is 5.79. The highest BCUT2D eigenvalue weighted by Crippen LogP contribution is 2.37. The van der Waals surface area contributed by atoms with E-state index in [0.717, 1.165) is 18.4 Å². The normalized spacial score (nSPS) is 26.9. The number of nitrogens with one attached hydrogen (secondary N) is 1. The lowest BCUT2D eigenvalue weighted by Crippen LogP contribution is -2.31. The van der Waals surface area contributed by atoms with E-state index in [0.29, 0.717) is 6.04 Å². The van der Waals surface area contributed by atoms with Crippen LogP contribution in [0.5, 0.6) is 0 Å². The summed E-state index contributed by atoms with van der Waals surface area (Å²) in [6.07, 6.45) is 6.86. The van der Waals surface area contributed by atoms with Crippen LogP contribution in [0.25, 0.3) is 0 Å². The maximum atomic E-state index is 3.76. The predicted octanol–water partition coefficient (Wildman–Crippen LogP) is 4.62. The molecule has 1 aliphatic rings. The van der Waals surface area contributed by atoms with Crippen molar-refractivity contribution in [2.45, 2.75) is 52.0 Å². The SMILES string of the molecule is CCCNC(c1ccsc1)C1CCC(C)CC1. The molecule has 0 aromatic carbocycles. The van der Waals surface area contributed by atoms with Gasteiger partial charge in [0.15, 0.2) is 0 Å². The summed E-state index contributed by atoms with van der Waals surface area (Å²) >= 11 is 1.83. The average Bonchev–Trinajstić information content (AvgIpc) is 2.85. The van der Waals surface area contributed by atoms with Crippen molar-refractivity contribution in [3.63, 3.8) is 0 Å². The topological polar surface area (TPSA) is 12.0 Å². The van der Waals surface area contributed by atoms with Crippen molar-refractivity contribution in [2.24, 2.45) is 11.8 Å². The highest BCUT2D eigenvalue weighted by atomic mass is 32.1. The van der Waals surface area contributed by atoms with Crippen LogP contribution in [-0.4, -0.2) is 6.54 Å². The molecular weight excluding hydrogens is 226 g/mol. The Morgan fingerprint density at radius 1 is 1.35 bits per heavy atom. The summed E-state index contributed by atoms with van der Waals surface area (Å²) in [7, 11) is 0. The molecule has 0 spiro atoms. The van der Waals surface area contributed by atoms with E-state index >= 15 is 0 Å². The predicted molar refractivity (Wildman–Crippen MR) is 76.5 cm³/mol. The summed E-state index contributed by atoms with van der Waals surface area (Å²) in [5.74, 6) is 1.80. The quantitative estimate of drug-likeness (QED) is 0.805. The van der Waals surface area contributed by atoms with Crippen LogP contribution in [0.3, 0.4) is 0 Å². The van der Waals surface area contributed by atoms with Crippen LogP contribution < -0.4 is 5.32 Å². The van der Waals surface area contributed by atoms with Crippen molar-refractivity contribution in [3.05, 3.63) is 22.4 Å². The van der Waals surface area contributed by atoms with E-state index in [1.54, 1.807) is 0 Å². The molecule has 1 aliphatic carbocycles. The zero-order valence-corrected chi connectivity index (χ0v) is 11.9. The molecule has 1 unspecified atom stereocenters. The number of thiophene rings is 1. The lowest BCUT2D eigenvalue weighted by molar-refractivity contribution is 0.232. The molecule has 1 atom stereocenters. The highest BCUT2D eigenvalue weighted by molar-refractivity contribution is 7.07. The number of hydrogen-bond donors (Lipinski definition) is 1. The Kier molecular flexibility index (Phi) is 5.05. The second-order valence-corrected chi connectivity index (χ2v) is 6.29. The molecule has 0 radical (unpaired) electrons. The summed E-state index contributed by atoms with van der Waals surface area (Å²) in [4.78, 5) is 0. The maximum Gasteiger partial charge on any atom is 0.0356 e. The van der Waals surface area contributed by atoms with E-state index in [-0.39, 0.29) is 0 Å². The Bertz CT molecular complexity index is 299. The zero-order valence-electron chi connectivity index (χ0n) is 11.1. The molecule has 96 valence electrons. The van der Waals surface area contributed by atoms with Gasteiger partial charge >= 0.3 is 0 Å². The summed E-state index contributed by atoms with van der Waals surface area (Å²) < 4.78 is 0. The third kappa shape index (κ3) is 3.56. The second-order valence-electron chi connectivity index (χ2n) is 5.51. The molecule has 0 amide bonds. The number of hydrogen-bond acceptors (Lipinski definition) is 2. The average molecular weight is 251 g/mol. The third-order valence-electron chi connectivity index (χ3n) is 4.05. The molecule has 0 saturated heterocycles. The van der Waals surface area contributed by atoms with Gasteiger partial charge in [0.2, 0.25) is 0 Å². The standard InChI is InChI=1S/C15H25NS/c1-3-9-16-15(14-8-10-17-11-14)13-6-4-12(2)5-7-13/h8,10-13,15-16H,3-7,9H2,1-2H3. The van der Waals surface area contributed by atoms with Crippen LogP contribution >= 0.6 is 11.3 Å². The van der Waals surface area contributed by atoms with Crippen molar-refractivity contribution < 1.29 is 0 Å². The molecule has 1 nitrogen and oxygen atoms in total.